The summed E-state index contributed by atoms with van der Waals surface area (Å²) >= 11 is 3.20. The van der Waals surface area contributed by atoms with Gasteiger partial charge in [-0.3, -0.25) is 14.5 Å². The molecule has 2 N–H and O–H groups in total. The Labute approximate surface area is 146 Å². The monoisotopic (exact) mass is 394 g/mol. The van der Waals surface area contributed by atoms with Crippen LogP contribution in [0.4, 0.5) is 0 Å². The predicted molar refractivity (Wildman–Crippen MR) is 87.3 cm³/mol. The number of benzene rings is 1. The van der Waals surface area contributed by atoms with E-state index >= 15 is 0 Å². The molecule has 2 heterocycles. The van der Waals surface area contributed by atoms with Gasteiger partial charge in [0.15, 0.2) is 6.61 Å². The van der Waals surface area contributed by atoms with Crippen molar-refractivity contribution in [3.63, 3.8) is 0 Å². The zero-order valence-electron chi connectivity index (χ0n) is 12.6. The predicted octanol–water partition coefficient (Wildman–Crippen LogP) is 1.25. The van der Waals surface area contributed by atoms with E-state index in [1.807, 2.05) is 6.07 Å². The second-order valence-electron chi connectivity index (χ2n) is 5.52. The number of carboxylic acid groups (broad SMARTS) is 1. The second kappa shape index (κ2) is 6.64. The third-order valence-electron chi connectivity index (χ3n) is 4.01. The number of amides is 2. The highest BCUT2D eigenvalue weighted by Gasteiger charge is 2.53. The molecule has 2 atom stereocenters. The highest BCUT2D eigenvalue weighted by Crippen LogP contribution is 2.38. The van der Waals surface area contributed by atoms with Crippen LogP contribution in [0.25, 0.3) is 0 Å². The lowest BCUT2D eigenvalue weighted by Crippen LogP contribution is -2.71. The number of carboxylic acids is 1. The van der Waals surface area contributed by atoms with Crippen molar-refractivity contribution in [2.24, 2.45) is 0 Å². The molecule has 0 spiro atoms. The zero-order chi connectivity index (χ0) is 17.3. The van der Waals surface area contributed by atoms with Crippen molar-refractivity contribution < 1.29 is 24.2 Å². The van der Waals surface area contributed by atoms with Crippen LogP contribution in [0.5, 0.6) is 5.75 Å². The first-order valence-corrected chi connectivity index (χ1v) is 8.20. The topological polar surface area (TPSA) is 95.9 Å². The van der Waals surface area contributed by atoms with Gasteiger partial charge in [-0.05, 0) is 25.0 Å². The fraction of sp³-hybridized carbons (Fsp3) is 0.312. The fourth-order valence-corrected chi connectivity index (χ4v) is 3.49. The van der Waals surface area contributed by atoms with Crippen LogP contribution in [0.3, 0.4) is 0 Å². The number of β-lactam (4-membered cyclic amide) rings is 1. The maximum absolute atomic E-state index is 12.2. The summed E-state index contributed by atoms with van der Waals surface area (Å²) in [6, 6.07) is 7.85. The molecule has 2 amide bonds. The first kappa shape index (κ1) is 16.5. The second-order valence-corrected chi connectivity index (χ2v) is 6.48. The normalized spacial score (nSPS) is 22.5. The molecule has 2 aliphatic heterocycles. The first-order chi connectivity index (χ1) is 11.5. The van der Waals surface area contributed by atoms with Gasteiger partial charge in [0.1, 0.15) is 17.5 Å². The van der Waals surface area contributed by atoms with Crippen LogP contribution in [0.2, 0.25) is 0 Å². The smallest absolute Gasteiger partial charge is 0.353 e. The summed E-state index contributed by atoms with van der Waals surface area (Å²) in [6.07, 6.45) is 1.11. The molecule has 8 heteroatoms. The van der Waals surface area contributed by atoms with Crippen molar-refractivity contribution in [1.29, 1.82) is 0 Å². The standard InChI is InChI=1S/C16H15BrN2O5/c17-10-6-7-11-13(15(21)19(11)14(10)16(22)23)18-12(20)8-24-9-4-2-1-3-5-9/h1-5,11,13H,6-8H2,(H,18,20)(H,22,23). The van der Waals surface area contributed by atoms with Crippen LogP contribution >= 0.6 is 15.9 Å². The van der Waals surface area contributed by atoms with Crippen LogP contribution in [-0.2, 0) is 14.4 Å². The molecular formula is C16H15BrN2O5. The Balaban J connectivity index is 1.59. The number of aliphatic carboxylic acids is 1. The lowest BCUT2D eigenvalue weighted by atomic mass is 9.86. The van der Waals surface area contributed by atoms with Gasteiger partial charge in [0.05, 0.1) is 6.04 Å². The SMILES string of the molecule is O=C(COc1ccccc1)NC1C(=O)N2C(C(=O)O)=C(Br)CCC12. The molecule has 0 radical (unpaired) electrons. The summed E-state index contributed by atoms with van der Waals surface area (Å²) in [5.41, 5.74) is -0.0396. The molecule has 1 saturated heterocycles. The Morgan fingerprint density at radius 3 is 2.71 bits per heavy atom. The first-order valence-electron chi connectivity index (χ1n) is 7.41. The number of ether oxygens (including phenoxy) is 1. The number of carbonyl (C=O) groups excluding carboxylic acids is 2. The number of carbonyl (C=O) groups is 3. The molecule has 2 unspecified atom stereocenters. The number of hydrogen-bond acceptors (Lipinski definition) is 4. The minimum absolute atomic E-state index is 0.0396. The minimum Gasteiger partial charge on any atom is -0.484 e. The van der Waals surface area contributed by atoms with Gasteiger partial charge >= 0.3 is 5.97 Å². The van der Waals surface area contributed by atoms with Crippen molar-refractivity contribution in [2.45, 2.75) is 24.9 Å². The van der Waals surface area contributed by atoms with E-state index in [0.717, 1.165) is 0 Å². The highest BCUT2D eigenvalue weighted by atomic mass is 79.9. The molecule has 1 aromatic rings. The third kappa shape index (κ3) is 3.01. The van der Waals surface area contributed by atoms with E-state index in [4.69, 9.17) is 4.74 Å². The molecule has 1 aromatic carbocycles. The number of nitrogens with one attached hydrogen (secondary N) is 1. The molecular weight excluding hydrogens is 380 g/mol. The lowest BCUT2D eigenvalue weighted by molar-refractivity contribution is -0.156. The molecule has 126 valence electrons. The largest absolute Gasteiger partial charge is 0.484 e. The van der Waals surface area contributed by atoms with Crippen LogP contribution in [-0.4, -0.2) is 46.5 Å². The maximum atomic E-state index is 12.2. The number of hydrogen-bond donors (Lipinski definition) is 2. The van der Waals surface area contributed by atoms with Crippen LogP contribution in [0.1, 0.15) is 12.8 Å². The van der Waals surface area contributed by atoms with Gasteiger partial charge in [0, 0.05) is 4.48 Å². The number of rotatable bonds is 5. The lowest BCUT2D eigenvalue weighted by Gasteiger charge is -2.49. The minimum atomic E-state index is -1.16. The molecule has 0 aromatic heterocycles. The summed E-state index contributed by atoms with van der Waals surface area (Å²) in [5.74, 6) is -1.42. The summed E-state index contributed by atoms with van der Waals surface area (Å²) in [6.45, 7) is -0.203. The van der Waals surface area contributed by atoms with Gasteiger partial charge in [-0.25, -0.2) is 4.79 Å². The van der Waals surface area contributed by atoms with E-state index in [2.05, 4.69) is 21.2 Å². The van der Waals surface area contributed by atoms with Gasteiger partial charge in [0.25, 0.3) is 11.8 Å². The number of nitrogens with zero attached hydrogens (tertiary/aromatic N) is 1. The molecule has 0 aliphatic carbocycles. The molecule has 0 saturated carbocycles. The van der Waals surface area contributed by atoms with Crippen LogP contribution < -0.4 is 10.1 Å². The average molecular weight is 395 g/mol. The molecule has 2 aliphatic rings. The zero-order valence-corrected chi connectivity index (χ0v) is 14.2. The molecule has 1 fully saturated rings. The van der Waals surface area contributed by atoms with E-state index in [-0.39, 0.29) is 18.3 Å². The van der Waals surface area contributed by atoms with Gasteiger partial charge < -0.3 is 15.2 Å². The summed E-state index contributed by atoms with van der Waals surface area (Å²) < 4.78 is 5.83. The number of halogens is 1. The van der Waals surface area contributed by atoms with Gasteiger partial charge in [-0.15, -0.1) is 0 Å². The van der Waals surface area contributed by atoms with E-state index < -0.39 is 23.8 Å². The highest BCUT2D eigenvalue weighted by molar-refractivity contribution is 9.11. The molecule has 24 heavy (non-hydrogen) atoms. The maximum Gasteiger partial charge on any atom is 0.353 e. The Morgan fingerprint density at radius 2 is 2.04 bits per heavy atom. The van der Waals surface area contributed by atoms with Crippen molar-refractivity contribution in [1.82, 2.24) is 10.2 Å². The number of allylic oxidation sites excluding steroid dienone is 1. The van der Waals surface area contributed by atoms with E-state index in [1.54, 1.807) is 24.3 Å². The Morgan fingerprint density at radius 1 is 1.33 bits per heavy atom. The van der Waals surface area contributed by atoms with E-state index in [0.29, 0.717) is 23.1 Å². The van der Waals surface area contributed by atoms with E-state index in [1.165, 1.54) is 4.90 Å². The van der Waals surface area contributed by atoms with Gasteiger partial charge in [-0.2, -0.15) is 0 Å². The Bertz CT molecular complexity index is 718. The van der Waals surface area contributed by atoms with Gasteiger partial charge in [0.2, 0.25) is 0 Å². The molecule has 0 bridgehead atoms. The van der Waals surface area contributed by atoms with Crippen molar-refractivity contribution in [2.75, 3.05) is 6.61 Å². The van der Waals surface area contributed by atoms with Crippen LogP contribution in [0.15, 0.2) is 40.5 Å². The van der Waals surface area contributed by atoms with Gasteiger partial charge in [-0.1, -0.05) is 34.1 Å². The summed E-state index contributed by atoms with van der Waals surface area (Å²) in [5, 5.41) is 11.9. The summed E-state index contributed by atoms with van der Waals surface area (Å²) in [4.78, 5) is 36.7. The molecule has 3 rings (SSSR count). The number of fused-ring (bicyclic) bond motifs is 1. The van der Waals surface area contributed by atoms with Crippen LogP contribution in [0, 0.1) is 0 Å². The van der Waals surface area contributed by atoms with Crippen molar-refractivity contribution in [3.8, 4) is 5.75 Å². The molecule has 7 nitrogen and oxygen atoms in total. The Hall–Kier alpha value is -2.35. The fourth-order valence-electron chi connectivity index (χ4n) is 2.90. The average Bonchev–Trinajstić information content (AvgIpc) is 2.58. The quantitative estimate of drug-likeness (QED) is 0.732. The van der Waals surface area contributed by atoms with Crippen molar-refractivity contribution in [3.05, 3.63) is 40.5 Å². The Kier molecular flexibility index (Phi) is 4.57. The van der Waals surface area contributed by atoms with Crippen molar-refractivity contribution >= 4 is 33.7 Å². The third-order valence-corrected chi connectivity index (χ3v) is 4.78. The number of para-hydroxylation sites is 1. The van der Waals surface area contributed by atoms with E-state index in [9.17, 15) is 19.5 Å². The summed E-state index contributed by atoms with van der Waals surface area (Å²) in [7, 11) is 0.